The standard InChI is InChI=1S/C38H27N3O/c1-24-25(2)32(29-22-28-14-13-27-8-7-21-39-37(27)38(28)40-23-29)20-19-31(24)26-15-17-30(18-16-26)41-33-9-3-5-11-35(33)42-36-12-6-4-10-34(36)41/h3-23H,1-2H3. The highest BCUT2D eigenvalue weighted by Gasteiger charge is 2.25. The van der Waals surface area contributed by atoms with Crippen molar-refractivity contribution in [1.82, 2.24) is 9.97 Å². The van der Waals surface area contributed by atoms with Crippen molar-refractivity contribution >= 4 is 38.9 Å². The van der Waals surface area contributed by atoms with E-state index >= 15 is 0 Å². The van der Waals surface area contributed by atoms with Crippen molar-refractivity contribution in [3.05, 3.63) is 139 Å². The van der Waals surface area contributed by atoms with E-state index in [1.54, 1.807) is 0 Å². The number of fused-ring (bicyclic) bond motifs is 5. The van der Waals surface area contributed by atoms with E-state index in [0.29, 0.717) is 0 Å². The molecule has 0 radical (unpaired) electrons. The molecule has 5 aromatic carbocycles. The van der Waals surface area contributed by atoms with Gasteiger partial charge in [0.15, 0.2) is 11.5 Å². The van der Waals surface area contributed by atoms with Gasteiger partial charge in [-0.25, -0.2) is 0 Å². The Hall–Kier alpha value is -5.48. The van der Waals surface area contributed by atoms with E-state index < -0.39 is 0 Å². The maximum Gasteiger partial charge on any atom is 0.151 e. The van der Waals surface area contributed by atoms with Gasteiger partial charge in [-0.3, -0.25) is 9.97 Å². The second-order valence-electron chi connectivity index (χ2n) is 10.8. The molecule has 4 heteroatoms. The molecular formula is C38H27N3O. The quantitative estimate of drug-likeness (QED) is 0.209. The summed E-state index contributed by atoms with van der Waals surface area (Å²) in [6.45, 7) is 4.42. The van der Waals surface area contributed by atoms with Crippen LogP contribution in [0.3, 0.4) is 0 Å². The first kappa shape index (κ1) is 24.3. The Balaban J connectivity index is 1.15. The first-order valence-corrected chi connectivity index (χ1v) is 14.2. The summed E-state index contributed by atoms with van der Waals surface area (Å²) in [5.74, 6) is 1.71. The maximum atomic E-state index is 6.19. The minimum absolute atomic E-state index is 0.856. The Morgan fingerprint density at radius 2 is 1.17 bits per heavy atom. The van der Waals surface area contributed by atoms with Gasteiger partial charge in [-0.1, -0.05) is 66.7 Å². The summed E-state index contributed by atoms with van der Waals surface area (Å²) < 4.78 is 6.19. The Kier molecular flexibility index (Phi) is 5.54. The Morgan fingerprint density at radius 3 is 1.88 bits per heavy atom. The summed E-state index contributed by atoms with van der Waals surface area (Å²) in [7, 11) is 0. The molecule has 0 unspecified atom stereocenters. The zero-order valence-electron chi connectivity index (χ0n) is 23.4. The number of ether oxygens (including phenoxy) is 1. The highest BCUT2D eigenvalue weighted by Crippen LogP contribution is 2.50. The van der Waals surface area contributed by atoms with Crippen molar-refractivity contribution in [3.8, 4) is 33.8 Å². The monoisotopic (exact) mass is 541 g/mol. The first-order chi connectivity index (χ1) is 20.7. The predicted octanol–water partition coefficient (Wildman–Crippen LogP) is 10.3. The number of pyridine rings is 2. The summed E-state index contributed by atoms with van der Waals surface area (Å²) in [6.07, 6.45) is 3.81. The number of para-hydroxylation sites is 4. The Labute approximate surface area is 244 Å². The van der Waals surface area contributed by atoms with Gasteiger partial charge in [0.05, 0.1) is 22.4 Å². The zero-order valence-corrected chi connectivity index (χ0v) is 23.4. The number of rotatable bonds is 3. The molecule has 0 bridgehead atoms. The lowest BCUT2D eigenvalue weighted by Crippen LogP contribution is -2.15. The van der Waals surface area contributed by atoms with Gasteiger partial charge in [-0.15, -0.1) is 0 Å². The summed E-state index contributed by atoms with van der Waals surface area (Å²) in [6, 6.07) is 40.2. The van der Waals surface area contributed by atoms with Gasteiger partial charge in [0.2, 0.25) is 0 Å². The highest BCUT2D eigenvalue weighted by molar-refractivity contribution is 6.03. The van der Waals surface area contributed by atoms with E-state index in [4.69, 9.17) is 9.72 Å². The zero-order chi connectivity index (χ0) is 28.2. The van der Waals surface area contributed by atoms with Crippen LogP contribution >= 0.6 is 0 Å². The van der Waals surface area contributed by atoms with Gasteiger partial charge in [-0.2, -0.15) is 0 Å². The van der Waals surface area contributed by atoms with Crippen molar-refractivity contribution in [2.24, 2.45) is 0 Å². The number of nitrogens with zero attached hydrogens (tertiary/aromatic N) is 3. The molecule has 8 rings (SSSR count). The summed E-state index contributed by atoms with van der Waals surface area (Å²) in [5.41, 5.74) is 12.3. The molecular weight excluding hydrogens is 514 g/mol. The van der Waals surface area contributed by atoms with Crippen LogP contribution in [0, 0.1) is 13.8 Å². The summed E-state index contributed by atoms with van der Waals surface area (Å²) in [4.78, 5) is 11.7. The minimum atomic E-state index is 0.856. The van der Waals surface area contributed by atoms with E-state index in [0.717, 1.165) is 55.9 Å². The van der Waals surface area contributed by atoms with Crippen molar-refractivity contribution in [3.63, 3.8) is 0 Å². The summed E-state index contributed by atoms with van der Waals surface area (Å²) in [5, 5.41) is 2.20. The van der Waals surface area contributed by atoms with Crippen LogP contribution in [0.25, 0.3) is 44.1 Å². The molecule has 42 heavy (non-hydrogen) atoms. The smallest absolute Gasteiger partial charge is 0.151 e. The largest absolute Gasteiger partial charge is 0.453 e. The molecule has 4 nitrogen and oxygen atoms in total. The molecule has 0 saturated carbocycles. The fourth-order valence-corrected chi connectivity index (χ4v) is 6.10. The third-order valence-corrected chi connectivity index (χ3v) is 8.39. The fraction of sp³-hybridized carbons (Fsp3) is 0.0526. The Bertz CT molecular complexity index is 2100. The van der Waals surface area contributed by atoms with Crippen LogP contribution in [0.15, 0.2) is 128 Å². The van der Waals surface area contributed by atoms with Gasteiger partial charge in [0.25, 0.3) is 0 Å². The van der Waals surface area contributed by atoms with Gasteiger partial charge in [0.1, 0.15) is 0 Å². The molecule has 1 aliphatic rings. The number of anilines is 3. The van der Waals surface area contributed by atoms with E-state index in [2.05, 4.69) is 109 Å². The first-order valence-electron chi connectivity index (χ1n) is 14.2. The van der Waals surface area contributed by atoms with Crippen molar-refractivity contribution < 1.29 is 4.74 Å². The van der Waals surface area contributed by atoms with Crippen molar-refractivity contribution in [2.75, 3.05) is 4.90 Å². The number of hydrogen-bond acceptors (Lipinski definition) is 4. The third kappa shape index (κ3) is 3.84. The maximum absolute atomic E-state index is 6.19. The van der Waals surface area contributed by atoms with Gasteiger partial charge in [-0.05, 0) is 90.2 Å². The van der Waals surface area contributed by atoms with Crippen LogP contribution in [0.5, 0.6) is 11.5 Å². The van der Waals surface area contributed by atoms with E-state index in [1.807, 2.05) is 42.7 Å². The molecule has 2 aromatic heterocycles. The molecule has 7 aromatic rings. The van der Waals surface area contributed by atoms with Gasteiger partial charge < -0.3 is 9.64 Å². The number of benzene rings is 5. The lowest BCUT2D eigenvalue weighted by Gasteiger charge is -2.32. The molecule has 1 aliphatic heterocycles. The van der Waals surface area contributed by atoms with Crippen molar-refractivity contribution in [1.29, 1.82) is 0 Å². The topological polar surface area (TPSA) is 38.2 Å². The van der Waals surface area contributed by atoms with E-state index in [9.17, 15) is 0 Å². The van der Waals surface area contributed by atoms with Crippen molar-refractivity contribution in [2.45, 2.75) is 13.8 Å². The molecule has 0 saturated heterocycles. The molecule has 0 amide bonds. The predicted molar refractivity (Wildman–Crippen MR) is 172 cm³/mol. The lowest BCUT2D eigenvalue weighted by molar-refractivity contribution is 0.477. The second-order valence-corrected chi connectivity index (χ2v) is 10.8. The molecule has 0 N–H and O–H groups in total. The minimum Gasteiger partial charge on any atom is -0.453 e. The van der Waals surface area contributed by atoms with Crippen LogP contribution in [0.2, 0.25) is 0 Å². The molecule has 0 atom stereocenters. The van der Waals surface area contributed by atoms with Crippen LogP contribution in [-0.4, -0.2) is 9.97 Å². The fourth-order valence-electron chi connectivity index (χ4n) is 6.10. The molecule has 0 spiro atoms. The normalized spacial score (nSPS) is 12.2. The number of hydrogen-bond donors (Lipinski definition) is 0. The van der Waals surface area contributed by atoms with Crippen LogP contribution in [0.4, 0.5) is 17.1 Å². The van der Waals surface area contributed by atoms with Crippen LogP contribution in [0.1, 0.15) is 11.1 Å². The average molecular weight is 542 g/mol. The Morgan fingerprint density at radius 1 is 0.548 bits per heavy atom. The van der Waals surface area contributed by atoms with Crippen LogP contribution < -0.4 is 9.64 Å². The molecule has 0 aliphatic carbocycles. The highest BCUT2D eigenvalue weighted by atomic mass is 16.5. The van der Waals surface area contributed by atoms with Crippen LogP contribution in [-0.2, 0) is 0 Å². The lowest BCUT2D eigenvalue weighted by atomic mass is 9.90. The number of aromatic nitrogens is 2. The molecule has 0 fully saturated rings. The second kappa shape index (κ2) is 9.57. The summed E-state index contributed by atoms with van der Waals surface area (Å²) >= 11 is 0. The average Bonchev–Trinajstić information content (AvgIpc) is 3.04. The van der Waals surface area contributed by atoms with E-state index in [1.165, 1.54) is 27.8 Å². The molecule has 200 valence electrons. The third-order valence-electron chi connectivity index (χ3n) is 8.39. The SMILES string of the molecule is Cc1c(-c2ccc(N3c4ccccc4Oc4ccccc43)cc2)ccc(-c2cnc3c(ccc4cccnc43)c2)c1C. The van der Waals surface area contributed by atoms with Gasteiger partial charge >= 0.3 is 0 Å². The van der Waals surface area contributed by atoms with E-state index in [-0.39, 0.29) is 0 Å². The van der Waals surface area contributed by atoms with Gasteiger partial charge in [0, 0.05) is 34.4 Å². The molecule has 3 heterocycles.